The fourth-order valence-electron chi connectivity index (χ4n) is 2.63. The van der Waals surface area contributed by atoms with Crippen molar-refractivity contribution in [3.63, 3.8) is 0 Å². The van der Waals surface area contributed by atoms with E-state index in [0.29, 0.717) is 17.5 Å². The van der Waals surface area contributed by atoms with Crippen molar-refractivity contribution in [2.24, 2.45) is 0 Å². The maximum Gasteiger partial charge on any atom is 0.222 e. The van der Waals surface area contributed by atoms with Crippen LogP contribution in [0.15, 0.2) is 28.8 Å². The summed E-state index contributed by atoms with van der Waals surface area (Å²) < 4.78 is 15.8. The van der Waals surface area contributed by atoms with Gasteiger partial charge in [-0.05, 0) is 36.5 Å². The first-order valence-electron chi connectivity index (χ1n) is 6.76. The fraction of sp³-hybridized carbons (Fsp3) is 0.400. The molecular formula is C15H18N2O3. The molecule has 1 aromatic carbocycles. The highest BCUT2D eigenvalue weighted by Crippen LogP contribution is 2.35. The van der Waals surface area contributed by atoms with E-state index in [-0.39, 0.29) is 0 Å². The molecule has 0 atom stereocenters. The van der Waals surface area contributed by atoms with E-state index in [2.05, 4.69) is 17.3 Å². The molecule has 0 saturated carbocycles. The highest BCUT2D eigenvalue weighted by Gasteiger charge is 2.19. The van der Waals surface area contributed by atoms with Gasteiger partial charge in [0.25, 0.3) is 0 Å². The normalized spacial score (nSPS) is 16.2. The molecule has 20 heavy (non-hydrogen) atoms. The van der Waals surface area contributed by atoms with Crippen LogP contribution < -0.4 is 10.5 Å². The number of methoxy groups -OCH3 is 1. The van der Waals surface area contributed by atoms with Crippen LogP contribution >= 0.6 is 0 Å². The summed E-state index contributed by atoms with van der Waals surface area (Å²) in [6.45, 7) is 1.64. The molecule has 1 aromatic heterocycles. The van der Waals surface area contributed by atoms with E-state index in [0.717, 1.165) is 37.4 Å². The Bertz CT molecular complexity index is 589. The van der Waals surface area contributed by atoms with Gasteiger partial charge in [-0.2, -0.15) is 0 Å². The molecule has 3 rings (SSSR count). The van der Waals surface area contributed by atoms with Crippen LogP contribution in [-0.4, -0.2) is 25.5 Å². The molecule has 2 aromatic rings. The van der Waals surface area contributed by atoms with Gasteiger partial charge in [0.2, 0.25) is 5.88 Å². The van der Waals surface area contributed by atoms with E-state index in [1.54, 1.807) is 13.2 Å². The maximum atomic E-state index is 5.60. The van der Waals surface area contributed by atoms with Crippen molar-refractivity contribution in [2.75, 3.05) is 26.1 Å². The number of ether oxygens (including phenoxy) is 2. The van der Waals surface area contributed by atoms with Crippen molar-refractivity contribution in [1.82, 2.24) is 5.16 Å². The third-order valence-electron chi connectivity index (χ3n) is 3.72. The number of nitrogen functional groups attached to an aromatic ring is 1. The van der Waals surface area contributed by atoms with Crippen molar-refractivity contribution >= 4 is 5.88 Å². The van der Waals surface area contributed by atoms with Gasteiger partial charge in [-0.15, -0.1) is 0 Å². The molecule has 0 bridgehead atoms. The SMILES string of the molecule is COc1ccc(C2CCOCC2)cc1-c1cc(N)on1. The molecular weight excluding hydrogens is 256 g/mol. The number of rotatable bonds is 3. The largest absolute Gasteiger partial charge is 0.496 e. The second-order valence-electron chi connectivity index (χ2n) is 4.96. The Balaban J connectivity index is 1.98. The summed E-state index contributed by atoms with van der Waals surface area (Å²) in [6.07, 6.45) is 2.10. The van der Waals surface area contributed by atoms with E-state index in [1.165, 1.54) is 5.56 Å². The molecule has 0 radical (unpaired) electrons. The van der Waals surface area contributed by atoms with Crippen molar-refractivity contribution in [3.05, 3.63) is 29.8 Å². The highest BCUT2D eigenvalue weighted by atomic mass is 16.5. The summed E-state index contributed by atoms with van der Waals surface area (Å²) >= 11 is 0. The van der Waals surface area contributed by atoms with Crippen LogP contribution in [0.2, 0.25) is 0 Å². The molecule has 1 aliphatic heterocycles. The van der Waals surface area contributed by atoms with Crippen molar-refractivity contribution in [1.29, 1.82) is 0 Å². The maximum absolute atomic E-state index is 5.60. The highest BCUT2D eigenvalue weighted by molar-refractivity contribution is 5.69. The molecule has 1 fully saturated rings. The zero-order valence-electron chi connectivity index (χ0n) is 11.5. The summed E-state index contributed by atoms with van der Waals surface area (Å²) in [7, 11) is 1.65. The Kier molecular flexibility index (Phi) is 3.60. The topological polar surface area (TPSA) is 70.5 Å². The molecule has 0 aliphatic carbocycles. The number of nitrogens with zero attached hydrogens (tertiary/aromatic N) is 1. The van der Waals surface area contributed by atoms with Crippen LogP contribution in [0.5, 0.6) is 5.75 Å². The molecule has 106 valence electrons. The Morgan fingerprint density at radius 1 is 1.25 bits per heavy atom. The first kappa shape index (κ1) is 13.0. The number of hydrogen-bond donors (Lipinski definition) is 1. The summed E-state index contributed by atoms with van der Waals surface area (Å²) in [6, 6.07) is 7.92. The van der Waals surface area contributed by atoms with E-state index < -0.39 is 0 Å². The summed E-state index contributed by atoms with van der Waals surface area (Å²) in [5.74, 6) is 1.60. The van der Waals surface area contributed by atoms with Gasteiger partial charge in [-0.1, -0.05) is 11.2 Å². The van der Waals surface area contributed by atoms with Gasteiger partial charge < -0.3 is 19.7 Å². The van der Waals surface area contributed by atoms with E-state index in [1.807, 2.05) is 6.07 Å². The van der Waals surface area contributed by atoms with Gasteiger partial charge in [0.15, 0.2) is 0 Å². The predicted molar refractivity (Wildman–Crippen MR) is 75.7 cm³/mol. The predicted octanol–water partition coefficient (Wildman–Crippen LogP) is 2.83. The average molecular weight is 274 g/mol. The minimum absolute atomic E-state index is 0.304. The van der Waals surface area contributed by atoms with Crippen molar-refractivity contribution in [2.45, 2.75) is 18.8 Å². The number of anilines is 1. The minimum Gasteiger partial charge on any atom is -0.496 e. The van der Waals surface area contributed by atoms with E-state index in [9.17, 15) is 0 Å². The zero-order chi connectivity index (χ0) is 13.9. The molecule has 5 nitrogen and oxygen atoms in total. The summed E-state index contributed by atoms with van der Waals surface area (Å²) in [4.78, 5) is 0. The van der Waals surface area contributed by atoms with Gasteiger partial charge >= 0.3 is 0 Å². The third kappa shape index (κ3) is 2.49. The lowest BCUT2D eigenvalue weighted by Crippen LogP contribution is -2.14. The monoisotopic (exact) mass is 274 g/mol. The molecule has 0 spiro atoms. The van der Waals surface area contributed by atoms with Crippen LogP contribution in [-0.2, 0) is 4.74 Å². The lowest BCUT2D eigenvalue weighted by molar-refractivity contribution is 0.0853. The number of nitrogens with two attached hydrogens (primary N) is 1. The fourth-order valence-corrected chi connectivity index (χ4v) is 2.63. The Morgan fingerprint density at radius 2 is 2.05 bits per heavy atom. The molecule has 2 N–H and O–H groups in total. The lowest BCUT2D eigenvalue weighted by atomic mass is 9.90. The molecule has 1 aliphatic rings. The molecule has 0 unspecified atom stereocenters. The van der Waals surface area contributed by atoms with Crippen LogP contribution in [0.3, 0.4) is 0 Å². The van der Waals surface area contributed by atoms with Gasteiger partial charge in [-0.3, -0.25) is 0 Å². The second kappa shape index (κ2) is 5.54. The Morgan fingerprint density at radius 3 is 2.70 bits per heavy atom. The first-order chi connectivity index (χ1) is 9.78. The standard InChI is InChI=1S/C15H18N2O3/c1-18-14-3-2-11(10-4-6-19-7-5-10)8-12(14)13-9-15(16)20-17-13/h2-3,8-10H,4-7,16H2,1H3. The smallest absolute Gasteiger partial charge is 0.222 e. The summed E-state index contributed by atoms with van der Waals surface area (Å²) in [5, 5.41) is 3.98. The van der Waals surface area contributed by atoms with Gasteiger partial charge in [0.05, 0.1) is 7.11 Å². The lowest BCUT2D eigenvalue weighted by Gasteiger charge is -2.23. The van der Waals surface area contributed by atoms with Crippen LogP contribution in [0.1, 0.15) is 24.3 Å². The third-order valence-corrected chi connectivity index (χ3v) is 3.72. The molecule has 5 heteroatoms. The van der Waals surface area contributed by atoms with Crippen molar-refractivity contribution < 1.29 is 14.0 Å². The number of benzene rings is 1. The van der Waals surface area contributed by atoms with Crippen LogP contribution in [0, 0.1) is 0 Å². The number of aromatic nitrogens is 1. The Hall–Kier alpha value is -2.01. The van der Waals surface area contributed by atoms with Crippen molar-refractivity contribution in [3.8, 4) is 17.0 Å². The molecule has 0 amide bonds. The molecule has 1 saturated heterocycles. The zero-order valence-corrected chi connectivity index (χ0v) is 11.5. The van der Waals surface area contributed by atoms with Gasteiger partial charge in [0, 0.05) is 24.8 Å². The van der Waals surface area contributed by atoms with Gasteiger partial charge in [-0.25, -0.2) is 0 Å². The van der Waals surface area contributed by atoms with Crippen LogP contribution in [0.25, 0.3) is 11.3 Å². The first-order valence-corrected chi connectivity index (χ1v) is 6.76. The van der Waals surface area contributed by atoms with E-state index >= 15 is 0 Å². The van der Waals surface area contributed by atoms with Crippen LogP contribution in [0.4, 0.5) is 5.88 Å². The number of hydrogen-bond acceptors (Lipinski definition) is 5. The van der Waals surface area contributed by atoms with Gasteiger partial charge in [0.1, 0.15) is 11.4 Å². The second-order valence-corrected chi connectivity index (χ2v) is 4.96. The minimum atomic E-state index is 0.304. The Labute approximate surface area is 117 Å². The average Bonchev–Trinajstić information content (AvgIpc) is 2.94. The quantitative estimate of drug-likeness (QED) is 0.931. The molecule has 2 heterocycles. The summed E-state index contributed by atoms with van der Waals surface area (Å²) in [5.41, 5.74) is 8.50. The van der Waals surface area contributed by atoms with E-state index in [4.69, 9.17) is 19.7 Å².